The summed E-state index contributed by atoms with van der Waals surface area (Å²) in [6.07, 6.45) is 0. The third kappa shape index (κ3) is 3.42. The van der Waals surface area contributed by atoms with Gasteiger partial charge in [-0.05, 0) is 25.6 Å². The number of carbonyl (C=O) groups is 1. The van der Waals surface area contributed by atoms with Gasteiger partial charge < -0.3 is 14.7 Å². The van der Waals surface area contributed by atoms with Crippen molar-refractivity contribution in [3.8, 4) is 0 Å². The van der Waals surface area contributed by atoms with Crippen LogP contribution in [0, 0.1) is 11.3 Å². The molecule has 2 fully saturated rings. The van der Waals surface area contributed by atoms with E-state index in [2.05, 4.69) is 54.2 Å². The third-order valence-corrected chi connectivity index (χ3v) is 5.36. The van der Waals surface area contributed by atoms with Crippen LogP contribution in [-0.4, -0.2) is 86.5 Å². The van der Waals surface area contributed by atoms with Crippen molar-refractivity contribution in [2.75, 3.05) is 60.9 Å². The number of urea groups is 1. The molecule has 2 atom stereocenters. The van der Waals surface area contributed by atoms with Crippen LogP contribution in [-0.2, 0) is 6.54 Å². The number of nitrogens with zero attached hydrogens (tertiary/aromatic N) is 4. The molecule has 0 radical (unpaired) electrons. The van der Waals surface area contributed by atoms with Gasteiger partial charge in [0.2, 0.25) is 0 Å². The highest BCUT2D eigenvalue weighted by Crippen LogP contribution is 2.43. The van der Waals surface area contributed by atoms with Crippen LogP contribution in [0.2, 0.25) is 0 Å². The molecule has 1 aromatic rings. The summed E-state index contributed by atoms with van der Waals surface area (Å²) in [6.45, 7) is 5.96. The number of fused-ring (bicyclic) bond motifs is 1. The molecule has 5 nitrogen and oxygen atoms in total. The quantitative estimate of drug-likeness (QED) is 0.841. The molecule has 0 saturated carbocycles. The molecule has 0 spiro atoms. The van der Waals surface area contributed by atoms with Crippen molar-refractivity contribution in [1.29, 1.82) is 0 Å². The fourth-order valence-electron chi connectivity index (χ4n) is 4.53. The summed E-state index contributed by atoms with van der Waals surface area (Å²) < 4.78 is 0. The highest BCUT2D eigenvalue weighted by atomic mass is 16.2. The summed E-state index contributed by atoms with van der Waals surface area (Å²) >= 11 is 0. The van der Waals surface area contributed by atoms with E-state index in [1.54, 1.807) is 4.90 Å². The maximum absolute atomic E-state index is 12.4. The van der Waals surface area contributed by atoms with Crippen molar-refractivity contribution < 1.29 is 4.79 Å². The van der Waals surface area contributed by atoms with Gasteiger partial charge in [-0.15, -0.1) is 0 Å². The van der Waals surface area contributed by atoms with Crippen molar-refractivity contribution >= 4 is 6.03 Å². The predicted octanol–water partition coefficient (Wildman–Crippen LogP) is 1.66. The minimum atomic E-state index is 0.150. The van der Waals surface area contributed by atoms with Gasteiger partial charge in [-0.2, -0.15) is 0 Å². The number of amides is 2. The van der Waals surface area contributed by atoms with E-state index in [0.29, 0.717) is 5.92 Å². The second kappa shape index (κ2) is 6.73. The van der Waals surface area contributed by atoms with Crippen LogP contribution >= 0.6 is 0 Å². The van der Waals surface area contributed by atoms with Crippen LogP contribution in [0.4, 0.5) is 4.79 Å². The van der Waals surface area contributed by atoms with Gasteiger partial charge in [0.15, 0.2) is 0 Å². The molecule has 0 unspecified atom stereocenters. The molecule has 132 valence electrons. The van der Waals surface area contributed by atoms with Gasteiger partial charge in [-0.1, -0.05) is 30.3 Å². The van der Waals surface area contributed by atoms with E-state index in [0.717, 1.165) is 39.3 Å². The molecular formula is C19H30N4O. The van der Waals surface area contributed by atoms with Crippen LogP contribution in [0.5, 0.6) is 0 Å². The van der Waals surface area contributed by atoms with Gasteiger partial charge in [0.05, 0.1) is 0 Å². The zero-order chi connectivity index (χ0) is 17.3. The van der Waals surface area contributed by atoms with Gasteiger partial charge in [-0.25, -0.2) is 4.79 Å². The summed E-state index contributed by atoms with van der Waals surface area (Å²) in [7, 11) is 7.97. The first-order valence-electron chi connectivity index (χ1n) is 8.77. The molecule has 0 bridgehead atoms. The highest BCUT2D eigenvalue weighted by molar-refractivity contribution is 5.74. The third-order valence-electron chi connectivity index (χ3n) is 5.36. The molecule has 1 aromatic carbocycles. The van der Waals surface area contributed by atoms with Crippen molar-refractivity contribution in [2.24, 2.45) is 11.3 Å². The van der Waals surface area contributed by atoms with Gasteiger partial charge in [0.25, 0.3) is 0 Å². The maximum atomic E-state index is 12.4. The highest BCUT2D eigenvalue weighted by Gasteiger charge is 2.53. The lowest BCUT2D eigenvalue weighted by molar-refractivity contribution is 0.150. The van der Waals surface area contributed by atoms with Crippen molar-refractivity contribution in [2.45, 2.75) is 6.54 Å². The summed E-state index contributed by atoms with van der Waals surface area (Å²) in [5.41, 5.74) is 1.57. The Morgan fingerprint density at radius 3 is 2.46 bits per heavy atom. The van der Waals surface area contributed by atoms with E-state index < -0.39 is 0 Å². The fourth-order valence-corrected chi connectivity index (χ4v) is 4.53. The standard InChI is InChI=1S/C19H30N4O/c1-20(2)13-19-14-22(10-16-8-6-5-7-9-16)11-17(19)12-23(15-19)18(24)21(3)4/h5-9,17H,10-15H2,1-4H3/t17-,19+/m1/s1. The zero-order valence-corrected chi connectivity index (χ0v) is 15.4. The minimum absolute atomic E-state index is 0.150. The minimum Gasteiger partial charge on any atom is -0.331 e. The van der Waals surface area contributed by atoms with Crippen LogP contribution in [0.1, 0.15) is 5.56 Å². The molecule has 2 amide bonds. The van der Waals surface area contributed by atoms with E-state index in [4.69, 9.17) is 0 Å². The number of likely N-dealkylation sites (tertiary alicyclic amines) is 2. The molecule has 2 heterocycles. The zero-order valence-electron chi connectivity index (χ0n) is 15.4. The van der Waals surface area contributed by atoms with Crippen molar-refractivity contribution in [3.05, 3.63) is 35.9 Å². The predicted molar refractivity (Wildman–Crippen MR) is 96.9 cm³/mol. The van der Waals surface area contributed by atoms with E-state index in [-0.39, 0.29) is 11.4 Å². The molecule has 0 N–H and O–H groups in total. The lowest BCUT2D eigenvalue weighted by Gasteiger charge is -2.32. The Bertz CT molecular complexity index is 574. The Morgan fingerprint density at radius 2 is 1.83 bits per heavy atom. The van der Waals surface area contributed by atoms with Crippen LogP contribution in [0.3, 0.4) is 0 Å². The summed E-state index contributed by atoms with van der Waals surface area (Å²) in [4.78, 5) is 21.0. The monoisotopic (exact) mass is 330 g/mol. The molecule has 3 rings (SSSR count). The van der Waals surface area contributed by atoms with Gasteiger partial charge in [0.1, 0.15) is 0 Å². The first kappa shape index (κ1) is 17.2. The molecule has 0 aliphatic carbocycles. The average molecular weight is 330 g/mol. The fraction of sp³-hybridized carbons (Fsp3) is 0.632. The Kier molecular flexibility index (Phi) is 4.83. The molecule has 2 aliphatic heterocycles. The van der Waals surface area contributed by atoms with Crippen molar-refractivity contribution in [3.63, 3.8) is 0 Å². The molecular weight excluding hydrogens is 300 g/mol. The number of benzene rings is 1. The van der Waals surface area contributed by atoms with E-state index in [1.807, 2.05) is 19.0 Å². The Balaban J connectivity index is 1.72. The number of hydrogen-bond donors (Lipinski definition) is 0. The van der Waals surface area contributed by atoms with Crippen LogP contribution < -0.4 is 0 Å². The topological polar surface area (TPSA) is 30.0 Å². The Morgan fingerprint density at radius 1 is 1.12 bits per heavy atom. The normalized spacial score (nSPS) is 26.9. The van der Waals surface area contributed by atoms with Crippen LogP contribution in [0.15, 0.2) is 30.3 Å². The molecule has 5 heteroatoms. The van der Waals surface area contributed by atoms with Crippen molar-refractivity contribution in [1.82, 2.24) is 19.6 Å². The smallest absolute Gasteiger partial charge is 0.319 e. The molecule has 2 saturated heterocycles. The van der Waals surface area contributed by atoms with Crippen LogP contribution in [0.25, 0.3) is 0 Å². The lowest BCUT2D eigenvalue weighted by atomic mass is 9.80. The molecule has 0 aromatic heterocycles. The first-order chi connectivity index (χ1) is 11.4. The van der Waals surface area contributed by atoms with E-state index in [1.165, 1.54) is 5.56 Å². The molecule has 2 aliphatic rings. The SMILES string of the molecule is CN(C)C[C@@]12CN(Cc3ccccc3)C[C@@H]1CN(C(=O)N(C)C)C2. The first-order valence-corrected chi connectivity index (χ1v) is 8.77. The maximum Gasteiger partial charge on any atom is 0.319 e. The summed E-state index contributed by atoms with van der Waals surface area (Å²) in [5, 5.41) is 0. The number of hydrogen-bond acceptors (Lipinski definition) is 3. The second-order valence-corrected chi connectivity index (χ2v) is 8.01. The largest absolute Gasteiger partial charge is 0.331 e. The lowest BCUT2D eigenvalue weighted by Crippen LogP contribution is -2.44. The molecule has 24 heavy (non-hydrogen) atoms. The Labute approximate surface area is 145 Å². The van der Waals surface area contributed by atoms with E-state index in [9.17, 15) is 4.79 Å². The number of rotatable bonds is 4. The number of carbonyl (C=O) groups excluding carboxylic acids is 1. The Hall–Kier alpha value is -1.59. The van der Waals surface area contributed by atoms with Gasteiger partial charge in [-0.3, -0.25) is 4.90 Å². The average Bonchev–Trinajstić information content (AvgIpc) is 2.99. The second-order valence-electron chi connectivity index (χ2n) is 8.01. The van der Waals surface area contributed by atoms with Gasteiger partial charge in [0, 0.05) is 58.8 Å². The van der Waals surface area contributed by atoms with Gasteiger partial charge >= 0.3 is 6.03 Å². The summed E-state index contributed by atoms with van der Waals surface area (Å²) in [6, 6.07) is 10.8. The van der Waals surface area contributed by atoms with E-state index >= 15 is 0 Å². The summed E-state index contributed by atoms with van der Waals surface area (Å²) in [5.74, 6) is 0.563.